The summed E-state index contributed by atoms with van der Waals surface area (Å²) in [6.07, 6.45) is 10.2. The van der Waals surface area contributed by atoms with Crippen molar-refractivity contribution < 1.29 is 9.59 Å². The van der Waals surface area contributed by atoms with Crippen LogP contribution in [0.15, 0.2) is 48.7 Å². The molecule has 0 fully saturated rings. The van der Waals surface area contributed by atoms with E-state index in [1.807, 2.05) is 24.0 Å². The zero-order valence-corrected chi connectivity index (χ0v) is 13.8. The maximum absolute atomic E-state index is 11.4. The van der Waals surface area contributed by atoms with E-state index in [9.17, 15) is 9.59 Å². The highest BCUT2D eigenvalue weighted by atomic mass is 16.2. The first-order chi connectivity index (χ1) is 10.5. The van der Waals surface area contributed by atoms with Gasteiger partial charge in [0.15, 0.2) is 0 Å². The number of hydrogen-bond donors (Lipinski definition) is 2. The van der Waals surface area contributed by atoms with Gasteiger partial charge in [0, 0.05) is 31.9 Å². The summed E-state index contributed by atoms with van der Waals surface area (Å²) in [4.78, 5) is 24.8. The SMILES string of the molecule is C=C(/C=C/C)N(CCNC(=O)/C=C/C)CCNC(=O)/C=C/C. The van der Waals surface area contributed by atoms with Crippen molar-refractivity contribution in [1.29, 1.82) is 0 Å². The molecule has 0 saturated heterocycles. The number of nitrogens with zero attached hydrogens (tertiary/aromatic N) is 1. The van der Waals surface area contributed by atoms with Crippen molar-refractivity contribution in [2.45, 2.75) is 20.8 Å². The van der Waals surface area contributed by atoms with Crippen LogP contribution in [0.2, 0.25) is 0 Å². The number of nitrogens with one attached hydrogen (secondary N) is 2. The molecule has 0 unspecified atom stereocenters. The molecule has 122 valence electrons. The molecule has 22 heavy (non-hydrogen) atoms. The molecule has 2 amide bonds. The third kappa shape index (κ3) is 9.58. The highest BCUT2D eigenvalue weighted by molar-refractivity contribution is 5.87. The van der Waals surface area contributed by atoms with E-state index in [1.165, 1.54) is 12.2 Å². The normalized spacial score (nSPS) is 11.2. The molecule has 5 heteroatoms. The van der Waals surface area contributed by atoms with E-state index in [2.05, 4.69) is 17.2 Å². The third-order valence-corrected chi connectivity index (χ3v) is 2.76. The van der Waals surface area contributed by atoms with Gasteiger partial charge in [-0.1, -0.05) is 24.8 Å². The van der Waals surface area contributed by atoms with Gasteiger partial charge < -0.3 is 15.5 Å². The highest BCUT2D eigenvalue weighted by Gasteiger charge is 2.06. The molecule has 0 aromatic carbocycles. The maximum atomic E-state index is 11.4. The van der Waals surface area contributed by atoms with Gasteiger partial charge in [0.25, 0.3) is 0 Å². The Hall–Kier alpha value is -2.30. The van der Waals surface area contributed by atoms with Crippen LogP contribution >= 0.6 is 0 Å². The van der Waals surface area contributed by atoms with E-state index in [1.54, 1.807) is 26.0 Å². The molecular weight excluding hydrogens is 278 g/mol. The Labute approximate surface area is 133 Å². The van der Waals surface area contributed by atoms with Gasteiger partial charge >= 0.3 is 0 Å². The average Bonchev–Trinajstić information content (AvgIpc) is 2.46. The van der Waals surface area contributed by atoms with Gasteiger partial charge in [-0.05, 0) is 39.0 Å². The summed E-state index contributed by atoms with van der Waals surface area (Å²) in [7, 11) is 0. The molecule has 0 spiro atoms. The van der Waals surface area contributed by atoms with E-state index in [0.717, 1.165) is 5.70 Å². The third-order valence-electron chi connectivity index (χ3n) is 2.76. The molecular formula is C17H27N3O2. The molecule has 0 aromatic heterocycles. The minimum atomic E-state index is -0.111. The lowest BCUT2D eigenvalue weighted by Gasteiger charge is -2.25. The van der Waals surface area contributed by atoms with Gasteiger partial charge in [-0.15, -0.1) is 0 Å². The van der Waals surface area contributed by atoms with Crippen LogP contribution in [0.4, 0.5) is 0 Å². The lowest BCUT2D eigenvalue weighted by molar-refractivity contribution is -0.117. The van der Waals surface area contributed by atoms with Crippen molar-refractivity contribution in [3.05, 3.63) is 48.7 Å². The standard InChI is InChI=1S/C17H27N3O2/c1-5-8-15(4)20(13-11-18-16(21)9-6-2)14-12-19-17(22)10-7-3/h5-10H,4,11-14H2,1-3H3,(H,18,21)(H,19,22)/b8-5+,9-6+,10-7+. The molecule has 0 atom stereocenters. The van der Waals surface area contributed by atoms with Crippen LogP contribution in [-0.4, -0.2) is 42.9 Å². The van der Waals surface area contributed by atoms with Crippen LogP contribution in [0.3, 0.4) is 0 Å². The van der Waals surface area contributed by atoms with Gasteiger partial charge in [-0.3, -0.25) is 9.59 Å². The summed E-state index contributed by atoms with van der Waals surface area (Å²) in [6.45, 7) is 11.8. The van der Waals surface area contributed by atoms with Crippen molar-refractivity contribution >= 4 is 11.8 Å². The Balaban J connectivity index is 4.35. The fourth-order valence-electron chi connectivity index (χ4n) is 1.75. The number of carbonyl (C=O) groups is 2. The molecule has 0 aliphatic carbocycles. The Kier molecular flexibility index (Phi) is 11.1. The van der Waals surface area contributed by atoms with Crippen molar-refractivity contribution in [2.24, 2.45) is 0 Å². The number of hydrogen-bond acceptors (Lipinski definition) is 3. The Morgan fingerprint density at radius 3 is 1.64 bits per heavy atom. The first-order valence-corrected chi connectivity index (χ1v) is 7.42. The van der Waals surface area contributed by atoms with E-state index in [0.29, 0.717) is 26.2 Å². The number of amides is 2. The van der Waals surface area contributed by atoms with E-state index in [4.69, 9.17) is 0 Å². The summed E-state index contributed by atoms with van der Waals surface area (Å²) in [5.41, 5.74) is 0.850. The van der Waals surface area contributed by atoms with E-state index in [-0.39, 0.29) is 11.8 Å². The molecule has 0 saturated carbocycles. The molecule has 0 aromatic rings. The van der Waals surface area contributed by atoms with Gasteiger partial charge in [0.1, 0.15) is 0 Å². The van der Waals surface area contributed by atoms with Gasteiger partial charge in [-0.25, -0.2) is 0 Å². The van der Waals surface area contributed by atoms with Crippen molar-refractivity contribution in [1.82, 2.24) is 15.5 Å². The number of allylic oxidation sites excluding steroid dienone is 4. The van der Waals surface area contributed by atoms with Crippen LogP contribution < -0.4 is 10.6 Å². The molecule has 0 rings (SSSR count). The molecule has 2 N–H and O–H groups in total. The Morgan fingerprint density at radius 2 is 1.27 bits per heavy atom. The lowest BCUT2D eigenvalue weighted by Crippen LogP contribution is -2.38. The summed E-state index contributed by atoms with van der Waals surface area (Å²) in [5.74, 6) is -0.221. The molecule has 0 heterocycles. The van der Waals surface area contributed by atoms with Crippen LogP contribution in [-0.2, 0) is 9.59 Å². The zero-order valence-electron chi connectivity index (χ0n) is 13.8. The van der Waals surface area contributed by atoms with E-state index < -0.39 is 0 Å². The number of carbonyl (C=O) groups excluding carboxylic acids is 2. The molecule has 0 bridgehead atoms. The first-order valence-electron chi connectivity index (χ1n) is 7.42. The Bertz CT molecular complexity index is 421. The van der Waals surface area contributed by atoms with Crippen molar-refractivity contribution in [3.63, 3.8) is 0 Å². The van der Waals surface area contributed by atoms with Crippen LogP contribution in [0, 0.1) is 0 Å². The predicted molar refractivity (Wildman–Crippen MR) is 91.2 cm³/mol. The average molecular weight is 305 g/mol. The second kappa shape index (κ2) is 12.4. The lowest BCUT2D eigenvalue weighted by atomic mass is 10.3. The summed E-state index contributed by atoms with van der Waals surface area (Å²) >= 11 is 0. The van der Waals surface area contributed by atoms with Gasteiger partial charge in [0.2, 0.25) is 11.8 Å². The molecule has 0 aliphatic rings. The minimum Gasteiger partial charge on any atom is -0.368 e. The second-order valence-corrected chi connectivity index (χ2v) is 4.56. The summed E-state index contributed by atoms with van der Waals surface area (Å²) < 4.78 is 0. The van der Waals surface area contributed by atoms with Crippen LogP contribution in [0.5, 0.6) is 0 Å². The summed E-state index contributed by atoms with van der Waals surface area (Å²) in [6, 6.07) is 0. The van der Waals surface area contributed by atoms with Crippen molar-refractivity contribution in [3.8, 4) is 0 Å². The van der Waals surface area contributed by atoms with Crippen LogP contribution in [0.1, 0.15) is 20.8 Å². The molecule has 0 radical (unpaired) electrons. The second-order valence-electron chi connectivity index (χ2n) is 4.56. The predicted octanol–water partition coefficient (Wildman–Crippen LogP) is 1.76. The highest BCUT2D eigenvalue weighted by Crippen LogP contribution is 2.02. The monoisotopic (exact) mass is 305 g/mol. The molecule has 5 nitrogen and oxygen atoms in total. The van der Waals surface area contributed by atoms with E-state index >= 15 is 0 Å². The van der Waals surface area contributed by atoms with Gasteiger partial charge in [-0.2, -0.15) is 0 Å². The fraction of sp³-hybridized carbons (Fsp3) is 0.412. The largest absolute Gasteiger partial charge is 0.368 e. The maximum Gasteiger partial charge on any atom is 0.243 e. The fourth-order valence-corrected chi connectivity index (χ4v) is 1.75. The summed E-state index contributed by atoms with van der Waals surface area (Å²) in [5, 5.41) is 5.60. The zero-order chi connectivity index (χ0) is 16.8. The Morgan fingerprint density at radius 1 is 0.864 bits per heavy atom. The first kappa shape index (κ1) is 19.7. The topological polar surface area (TPSA) is 61.4 Å². The smallest absolute Gasteiger partial charge is 0.243 e. The molecule has 0 aliphatic heterocycles. The quantitative estimate of drug-likeness (QED) is 0.477. The minimum absolute atomic E-state index is 0.111. The number of rotatable bonds is 10. The van der Waals surface area contributed by atoms with Crippen molar-refractivity contribution in [2.75, 3.05) is 26.2 Å². The van der Waals surface area contributed by atoms with Crippen LogP contribution in [0.25, 0.3) is 0 Å². The van der Waals surface area contributed by atoms with Gasteiger partial charge in [0.05, 0.1) is 0 Å².